The van der Waals surface area contributed by atoms with Crippen LogP contribution in [0.2, 0.25) is 0 Å². The van der Waals surface area contributed by atoms with E-state index in [2.05, 4.69) is 74.5 Å². The molecule has 1 aliphatic carbocycles. The van der Waals surface area contributed by atoms with Crippen molar-refractivity contribution in [1.29, 1.82) is 0 Å². The van der Waals surface area contributed by atoms with E-state index in [4.69, 9.17) is 4.74 Å². The molecule has 0 fully saturated rings. The molecule has 134 valence electrons. The molecule has 4 rings (SSSR count). The number of rotatable bonds is 2. The summed E-state index contributed by atoms with van der Waals surface area (Å²) < 4.78 is 5.33. The normalized spacial score (nSPS) is 10.2. The van der Waals surface area contributed by atoms with Crippen LogP contribution in [0.15, 0.2) is 60.7 Å². The Kier molecular flexibility index (Phi) is 11.3. The average Bonchev–Trinajstić information content (AvgIpc) is 3.23. The monoisotopic (exact) mass is 462 g/mol. The van der Waals surface area contributed by atoms with Crippen molar-refractivity contribution in [2.75, 3.05) is 7.11 Å². The molecule has 3 aromatic rings. The van der Waals surface area contributed by atoms with Gasteiger partial charge < -0.3 is 29.6 Å². The summed E-state index contributed by atoms with van der Waals surface area (Å²) in [5, 5.41) is 0. The zero-order valence-corrected chi connectivity index (χ0v) is 19.2. The van der Waals surface area contributed by atoms with Gasteiger partial charge in [-0.1, -0.05) is 38.1 Å². The van der Waals surface area contributed by atoms with E-state index in [0.717, 1.165) is 12.2 Å². The van der Waals surface area contributed by atoms with Gasteiger partial charge in [-0.2, -0.15) is 29.8 Å². The zero-order valence-electron chi connectivity index (χ0n) is 15.2. The largest absolute Gasteiger partial charge is 4.00 e. The topological polar surface area (TPSA) is 9.23 Å². The van der Waals surface area contributed by atoms with Crippen LogP contribution in [0, 0.1) is 6.07 Å². The Morgan fingerprint density at radius 3 is 2.31 bits per heavy atom. The summed E-state index contributed by atoms with van der Waals surface area (Å²) in [5.41, 5.74) is 6.71. The van der Waals surface area contributed by atoms with Crippen molar-refractivity contribution >= 4 is 0 Å². The molecule has 0 N–H and O–H groups in total. The molecule has 0 atom stereocenters. The molecule has 0 unspecified atom stereocenters. The van der Waals surface area contributed by atoms with Gasteiger partial charge in [-0.25, -0.2) is 12.1 Å². The van der Waals surface area contributed by atoms with Crippen molar-refractivity contribution in [3.05, 3.63) is 83.4 Å². The third-order valence-corrected chi connectivity index (χ3v) is 4.30. The Morgan fingerprint density at radius 1 is 1.00 bits per heavy atom. The van der Waals surface area contributed by atoms with Crippen molar-refractivity contribution in [2.45, 2.75) is 26.2 Å². The third-order valence-electron chi connectivity index (χ3n) is 4.30. The van der Waals surface area contributed by atoms with E-state index in [9.17, 15) is 0 Å². The van der Waals surface area contributed by atoms with Crippen LogP contribution in [0.4, 0.5) is 0 Å². The fourth-order valence-corrected chi connectivity index (χ4v) is 3.02. The van der Waals surface area contributed by atoms with Gasteiger partial charge in [0.15, 0.2) is 0 Å². The van der Waals surface area contributed by atoms with E-state index in [0.29, 0.717) is 5.92 Å². The molecule has 0 saturated heterocycles. The number of hydrogen-bond acceptors (Lipinski definition) is 1. The quantitative estimate of drug-likeness (QED) is 0.367. The molecule has 3 aromatic carbocycles. The Hall–Kier alpha value is -0.947. The number of benzene rings is 2. The van der Waals surface area contributed by atoms with Crippen LogP contribution in [0.1, 0.15) is 36.5 Å². The van der Waals surface area contributed by atoms with Gasteiger partial charge in [0.2, 0.25) is 0 Å². The van der Waals surface area contributed by atoms with Crippen LogP contribution < -0.4 is 29.6 Å². The van der Waals surface area contributed by atoms with Crippen LogP contribution in [0.5, 0.6) is 5.75 Å². The first-order valence-electron chi connectivity index (χ1n) is 8.08. The van der Waals surface area contributed by atoms with E-state index in [-0.39, 0.29) is 51.0 Å². The fourth-order valence-electron chi connectivity index (χ4n) is 3.02. The average molecular weight is 465 g/mol. The minimum absolute atomic E-state index is 0. The predicted octanol–water partition coefficient (Wildman–Crippen LogP) is -0.399. The molecule has 0 spiro atoms. The van der Waals surface area contributed by atoms with E-state index in [1.165, 1.54) is 27.8 Å². The molecule has 4 heteroatoms. The summed E-state index contributed by atoms with van der Waals surface area (Å²) in [6.45, 7) is 4.41. The summed E-state index contributed by atoms with van der Waals surface area (Å²) >= 11 is 0. The van der Waals surface area contributed by atoms with Crippen molar-refractivity contribution in [1.82, 2.24) is 0 Å². The van der Waals surface area contributed by atoms with Gasteiger partial charge >= 0.3 is 26.2 Å². The van der Waals surface area contributed by atoms with Gasteiger partial charge in [0.05, 0.1) is 7.11 Å². The number of fused-ring (bicyclic) bond motifs is 3. The number of ether oxygens (including phenoxy) is 1. The molecule has 1 aliphatic rings. The Morgan fingerprint density at radius 2 is 1.73 bits per heavy atom. The van der Waals surface area contributed by atoms with Crippen LogP contribution in [-0.4, -0.2) is 7.11 Å². The second-order valence-electron chi connectivity index (χ2n) is 6.11. The van der Waals surface area contributed by atoms with Crippen molar-refractivity contribution in [3.8, 4) is 16.9 Å². The first-order valence-corrected chi connectivity index (χ1v) is 8.08. The van der Waals surface area contributed by atoms with Crippen molar-refractivity contribution in [2.24, 2.45) is 0 Å². The number of halogens is 2. The van der Waals surface area contributed by atoms with Crippen LogP contribution in [0.3, 0.4) is 0 Å². The minimum atomic E-state index is 0. The summed E-state index contributed by atoms with van der Waals surface area (Å²) in [4.78, 5) is 0. The van der Waals surface area contributed by atoms with Crippen molar-refractivity contribution in [3.63, 3.8) is 0 Å². The predicted molar refractivity (Wildman–Crippen MR) is 96.2 cm³/mol. The fraction of sp³-hybridized carbons (Fsp3) is 0.227. The van der Waals surface area contributed by atoms with Gasteiger partial charge in [0.1, 0.15) is 0 Å². The van der Waals surface area contributed by atoms with Gasteiger partial charge in [-0.15, -0.1) is 17.2 Å². The van der Waals surface area contributed by atoms with Gasteiger partial charge in [-0.3, -0.25) is 0 Å². The van der Waals surface area contributed by atoms with E-state index in [1.807, 2.05) is 6.07 Å². The Bertz CT molecular complexity index is 783. The SMILES string of the molecule is CC(C)c1ccc[cH-]1.COc1[c-]ccc2c1Cc1ccccc1-2.[Cl-].[Cl-].[Zr+4]. The van der Waals surface area contributed by atoms with E-state index < -0.39 is 0 Å². The van der Waals surface area contributed by atoms with Crippen LogP contribution >= 0.6 is 0 Å². The Balaban J connectivity index is 0.000000497. The molecule has 0 bridgehead atoms. The van der Waals surface area contributed by atoms with Gasteiger partial charge in [-0.05, 0) is 23.5 Å². The zero-order chi connectivity index (χ0) is 16.2. The summed E-state index contributed by atoms with van der Waals surface area (Å²) in [6, 6.07) is 24.2. The summed E-state index contributed by atoms with van der Waals surface area (Å²) in [7, 11) is 1.70. The molecule has 26 heavy (non-hydrogen) atoms. The van der Waals surface area contributed by atoms with Crippen LogP contribution in [0.25, 0.3) is 11.1 Å². The second kappa shape index (κ2) is 11.7. The molecule has 0 radical (unpaired) electrons. The minimum Gasteiger partial charge on any atom is -1.00 e. The molecule has 0 aromatic heterocycles. The maximum Gasteiger partial charge on any atom is 4.00 e. The molecular weight excluding hydrogens is 442 g/mol. The Labute approximate surface area is 188 Å². The molecular formula is C22H22Cl2OZr. The standard InChI is InChI=1S/C14H11O.C8H11.2ClH.Zr/c1-15-14-8-4-7-12-11-6-3-2-5-10(11)9-13(12)14;1-7(2)8-5-3-4-6-8;;;/h2-7H,9H2,1H3;3-7H,1-2H3;2*1H;/q2*-1;;;+4/p-2. The van der Waals surface area contributed by atoms with Gasteiger partial charge in [0.25, 0.3) is 0 Å². The molecule has 0 saturated carbocycles. The third kappa shape index (κ3) is 5.52. The van der Waals surface area contributed by atoms with Crippen molar-refractivity contribution < 1.29 is 55.8 Å². The summed E-state index contributed by atoms with van der Waals surface area (Å²) in [6.07, 6.45) is 0.964. The van der Waals surface area contributed by atoms with Crippen LogP contribution in [-0.2, 0) is 32.6 Å². The van der Waals surface area contributed by atoms with Gasteiger partial charge in [0, 0.05) is 5.75 Å². The first-order chi connectivity index (χ1) is 11.2. The second-order valence-corrected chi connectivity index (χ2v) is 6.11. The van der Waals surface area contributed by atoms with E-state index >= 15 is 0 Å². The molecule has 0 heterocycles. The summed E-state index contributed by atoms with van der Waals surface area (Å²) in [5.74, 6) is 1.56. The first kappa shape index (κ1) is 25.1. The molecule has 0 aliphatic heterocycles. The number of hydrogen-bond donors (Lipinski definition) is 0. The maximum absolute atomic E-state index is 5.33. The molecule has 1 nitrogen and oxygen atoms in total. The number of methoxy groups -OCH3 is 1. The maximum atomic E-state index is 5.33. The van der Waals surface area contributed by atoms with E-state index in [1.54, 1.807) is 7.11 Å². The smallest absolute Gasteiger partial charge is 1.00 e. The molecule has 0 amide bonds.